The van der Waals surface area contributed by atoms with Crippen molar-refractivity contribution in [2.45, 2.75) is 0 Å². The molecule has 0 aliphatic carbocycles. The lowest BCUT2D eigenvalue weighted by Crippen LogP contribution is -2.17. The van der Waals surface area contributed by atoms with E-state index in [1.165, 1.54) is 18.3 Å². The van der Waals surface area contributed by atoms with Crippen molar-refractivity contribution in [2.75, 3.05) is 0 Å². The molecule has 0 radical (unpaired) electrons. The number of rotatable bonds is 3. The molecule has 0 unspecified atom stereocenters. The van der Waals surface area contributed by atoms with Gasteiger partial charge in [-0.25, -0.2) is 5.43 Å². The maximum Gasteiger partial charge on any atom is 0.275 e. The van der Waals surface area contributed by atoms with Gasteiger partial charge in [0.25, 0.3) is 5.91 Å². The first-order chi connectivity index (χ1) is 9.58. The number of hydrazone groups is 1. The Balaban J connectivity index is 2.09. The minimum atomic E-state index is -0.507. The number of halogens is 2. The third-order valence-electron chi connectivity index (χ3n) is 2.48. The molecule has 2 rings (SSSR count). The van der Waals surface area contributed by atoms with Gasteiger partial charge in [-0.1, -0.05) is 45.7 Å². The predicted octanol–water partition coefficient (Wildman–Crippen LogP) is 3.57. The van der Waals surface area contributed by atoms with Gasteiger partial charge in [0.2, 0.25) is 0 Å². The van der Waals surface area contributed by atoms with Crippen molar-refractivity contribution in [3.05, 3.63) is 63.1 Å². The maximum absolute atomic E-state index is 11.9. The van der Waals surface area contributed by atoms with Crippen LogP contribution in [0, 0.1) is 0 Å². The molecular weight excluding hydrogens is 344 g/mol. The Kier molecular flexibility index (Phi) is 4.76. The second-order valence-electron chi connectivity index (χ2n) is 3.88. The van der Waals surface area contributed by atoms with Crippen molar-refractivity contribution in [1.29, 1.82) is 0 Å². The van der Waals surface area contributed by atoms with Crippen LogP contribution in [0.3, 0.4) is 0 Å². The highest BCUT2D eigenvalue weighted by Crippen LogP contribution is 2.21. The molecule has 6 heteroatoms. The van der Waals surface area contributed by atoms with Crippen LogP contribution in [-0.4, -0.2) is 17.2 Å². The van der Waals surface area contributed by atoms with E-state index in [1.54, 1.807) is 24.3 Å². The number of phenols is 1. The summed E-state index contributed by atoms with van der Waals surface area (Å²) in [6.45, 7) is 0. The second-order valence-corrected chi connectivity index (χ2v) is 5.20. The van der Waals surface area contributed by atoms with Gasteiger partial charge < -0.3 is 5.11 Å². The summed E-state index contributed by atoms with van der Waals surface area (Å²) in [4.78, 5) is 11.9. The van der Waals surface area contributed by atoms with E-state index < -0.39 is 5.91 Å². The van der Waals surface area contributed by atoms with Crippen LogP contribution in [0.2, 0.25) is 5.02 Å². The highest BCUT2D eigenvalue weighted by molar-refractivity contribution is 9.10. The van der Waals surface area contributed by atoms with E-state index in [2.05, 4.69) is 26.5 Å². The lowest BCUT2D eigenvalue weighted by molar-refractivity contribution is 0.0952. The minimum Gasteiger partial charge on any atom is -0.507 e. The molecule has 4 nitrogen and oxygen atoms in total. The van der Waals surface area contributed by atoms with E-state index >= 15 is 0 Å². The number of carbonyl (C=O) groups is 1. The van der Waals surface area contributed by atoms with E-state index in [4.69, 9.17) is 11.6 Å². The molecule has 2 aromatic carbocycles. The van der Waals surface area contributed by atoms with Crippen LogP contribution >= 0.6 is 27.5 Å². The summed E-state index contributed by atoms with van der Waals surface area (Å²) in [5.41, 5.74) is 3.16. The van der Waals surface area contributed by atoms with Crippen LogP contribution in [0.25, 0.3) is 0 Å². The fourth-order valence-corrected chi connectivity index (χ4v) is 2.04. The van der Waals surface area contributed by atoms with Crippen molar-refractivity contribution >= 4 is 39.7 Å². The zero-order chi connectivity index (χ0) is 14.5. The molecule has 1 amide bonds. The van der Waals surface area contributed by atoms with Crippen molar-refractivity contribution < 1.29 is 9.90 Å². The first-order valence-corrected chi connectivity index (χ1v) is 6.81. The number of phenolic OH excluding ortho intramolecular Hbond substituents is 1. The van der Waals surface area contributed by atoms with Crippen molar-refractivity contribution in [1.82, 2.24) is 5.43 Å². The van der Waals surface area contributed by atoms with Gasteiger partial charge in [0, 0.05) is 15.1 Å². The predicted molar refractivity (Wildman–Crippen MR) is 82.3 cm³/mol. The fraction of sp³-hybridized carbons (Fsp3) is 0. The van der Waals surface area contributed by atoms with Gasteiger partial charge in [-0.2, -0.15) is 5.10 Å². The van der Waals surface area contributed by atoms with Gasteiger partial charge in [-0.15, -0.1) is 0 Å². The van der Waals surface area contributed by atoms with Crippen molar-refractivity contribution in [2.24, 2.45) is 5.10 Å². The van der Waals surface area contributed by atoms with Gasteiger partial charge in [-0.3, -0.25) is 4.79 Å². The Morgan fingerprint density at radius 2 is 2.05 bits per heavy atom. The van der Waals surface area contributed by atoms with Crippen LogP contribution in [0.4, 0.5) is 0 Å². The third-order valence-corrected chi connectivity index (χ3v) is 3.32. The summed E-state index contributed by atoms with van der Waals surface area (Å²) in [5.74, 6) is -0.620. The smallest absolute Gasteiger partial charge is 0.275 e. The van der Waals surface area contributed by atoms with Crippen molar-refractivity contribution in [3.63, 3.8) is 0 Å². The molecule has 0 saturated carbocycles. The summed E-state index contributed by atoms with van der Waals surface area (Å²) in [6, 6.07) is 11.7. The van der Waals surface area contributed by atoms with Crippen molar-refractivity contribution in [3.8, 4) is 5.75 Å². The summed E-state index contributed by atoms with van der Waals surface area (Å²) >= 11 is 9.18. The molecule has 2 aromatic rings. The maximum atomic E-state index is 11.9. The molecule has 0 aliphatic rings. The molecule has 20 heavy (non-hydrogen) atoms. The zero-order valence-electron chi connectivity index (χ0n) is 10.2. The monoisotopic (exact) mass is 352 g/mol. The fourth-order valence-electron chi connectivity index (χ4n) is 1.49. The summed E-state index contributed by atoms with van der Waals surface area (Å²) in [7, 11) is 0. The molecule has 2 N–H and O–H groups in total. The van der Waals surface area contributed by atoms with E-state index in [9.17, 15) is 9.90 Å². The van der Waals surface area contributed by atoms with Gasteiger partial charge in [-0.05, 0) is 24.3 Å². The molecule has 0 heterocycles. The number of aromatic hydroxyl groups is 1. The number of carbonyl (C=O) groups excluding carboxylic acids is 1. The molecule has 0 spiro atoms. The molecule has 0 bridgehead atoms. The number of amides is 1. The average molecular weight is 354 g/mol. The first kappa shape index (κ1) is 14.6. The Labute approximate surface area is 129 Å². The lowest BCUT2D eigenvalue weighted by Gasteiger charge is -2.03. The quantitative estimate of drug-likeness (QED) is 0.654. The Morgan fingerprint density at radius 3 is 2.80 bits per heavy atom. The lowest BCUT2D eigenvalue weighted by atomic mass is 10.2. The van der Waals surface area contributed by atoms with E-state index in [0.717, 1.165) is 0 Å². The standard InChI is InChI=1S/C14H10BrClN2O2/c15-10-5-6-13(19)11(7-10)14(20)18-17-8-9-3-1-2-4-12(9)16/h1-8,19H,(H,18,20). The van der Waals surface area contributed by atoms with E-state index in [-0.39, 0.29) is 11.3 Å². The van der Waals surface area contributed by atoms with Gasteiger partial charge >= 0.3 is 0 Å². The number of hydrogen-bond donors (Lipinski definition) is 2. The first-order valence-electron chi connectivity index (χ1n) is 5.64. The molecule has 0 aliphatic heterocycles. The van der Waals surface area contributed by atoms with E-state index in [1.807, 2.05) is 6.07 Å². The molecule has 0 fully saturated rings. The largest absolute Gasteiger partial charge is 0.507 e. The van der Waals surface area contributed by atoms with Crippen LogP contribution in [0.15, 0.2) is 52.0 Å². The Morgan fingerprint density at radius 1 is 1.30 bits per heavy atom. The third kappa shape index (κ3) is 3.59. The second kappa shape index (κ2) is 6.54. The van der Waals surface area contributed by atoms with Gasteiger partial charge in [0.15, 0.2) is 0 Å². The number of nitrogens with one attached hydrogen (secondary N) is 1. The zero-order valence-corrected chi connectivity index (χ0v) is 12.5. The highest BCUT2D eigenvalue weighted by Gasteiger charge is 2.10. The van der Waals surface area contributed by atoms with Crippen LogP contribution < -0.4 is 5.43 Å². The molecular formula is C14H10BrClN2O2. The number of benzene rings is 2. The number of nitrogens with zero attached hydrogens (tertiary/aromatic N) is 1. The normalized spacial score (nSPS) is 10.7. The van der Waals surface area contributed by atoms with Crippen LogP contribution in [-0.2, 0) is 0 Å². The van der Waals surface area contributed by atoms with Gasteiger partial charge in [0.1, 0.15) is 5.75 Å². The van der Waals surface area contributed by atoms with Crippen LogP contribution in [0.5, 0.6) is 5.75 Å². The topological polar surface area (TPSA) is 61.7 Å². The average Bonchev–Trinajstić information content (AvgIpc) is 2.43. The minimum absolute atomic E-state index is 0.112. The summed E-state index contributed by atoms with van der Waals surface area (Å²) in [5, 5.41) is 14.0. The number of hydrogen-bond acceptors (Lipinski definition) is 3. The Hall–Kier alpha value is -1.85. The van der Waals surface area contributed by atoms with Crippen LogP contribution in [0.1, 0.15) is 15.9 Å². The molecule has 0 aromatic heterocycles. The molecule has 0 saturated heterocycles. The molecule has 102 valence electrons. The highest BCUT2D eigenvalue weighted by atomic mass is 79.9. The molecule has 0 atom stereocenters. The van der Waals surface area contributed by atoms with Gasteiger partial charge in [0.05, 0.1) is 11.8 Å². The summed E-state index contributed by atoms with van der Waals surface area (Å²) in [6.07, 6.45) is 1.44. The SMILES string of the molecule is O=C(NN=Cc1ccccc1Cl)c1cc(Br)ccc1O. The summed E-state index contributed by atoms with van der Waals surface area (Å²) < 4.78 is 0.690. The Bertz CT molecular complexity index is 674. The van der Waals surface area contributed by atoms with E-state index in [0.29, 0.717) is 15.1 Å².